The van der Waals surface area contributed by atoms with Crippen molar-refractivity contribution in [2.24, 2.45) is 0 Å². The van der Waals surface area contributed by atoms with Gasteiger partial charge in [0.25, 0.3) is 7.82 Å². The van der Waals surface area contributed by atoms with Crippen molar-refractivity contribution in [1.29, 1.82) is 0 Å². The Balaban J connectivity index is 3.91. The van der Waals surface area contributed by atoms with Gasteiger partial charge in [-0.05, 0) is 83.5 Å². The predicted molar refractivity (Wildman–Crippen MR) is 407 cm³/mol. The monoisotopic (exact) mass is 1340 g/mol. The van der Waals surface area contributed by atoms with Gasteiger partial charge >= 0.3 is 11.9 Å². The Morgan fingerprint density at radius 3 is 0.851 bits per heavy atom. The molecule has 0 aliphatic heterocycles. The van der Waals surface area contributed by atoms with Gasteiger partial charge in [-0.15, -0.1) is 0 Å². The second-order valence-electron chi connectivity index (χ2n) is 29.1. The number of hydrogen-bond donors (Lipinski definition) is 0. The van der Waals surface area contributed by atoms with E-state index in [0.29, 0.717) is 17.4 Å². The van der Waals surface area contributed by atoms with Crippen molar-refractivity contribution in [3.05, 3.63) is 60.8 Å². The summed E-state index contributed by atoms with van der Waals surface area (Å²) in [6.07, 6.45) is 101. The third-order valence-corrected chi connectivity index (χ3v) is 19.5. The summed E-state index contributed by atoms with van der Waals surface area (Å²) in [5.74, 6) is -0.811. The molecule has 0 fully saturated rings. The van der Waals surface area contributed by atoms with Crippen LogP contribution in [0.15, 0.2) is 60.8 Å². The highest BCUT2D eigenvalue weighted by atomic mass is 31.2. The van der Waals surface area contributed by atoms with E-state index in [1.807, 2.05) is 21.1 Å². The lowest BCUT2D eigenvalue weighted by molar-refractivity contribution is -0.870. The van der Waals surface area contributed by atoms with Gasteiger partial charge in [0.2, 0.25) is 0 Å². The molecule has 10 heteroatoms. The average molecular weight is 1340 g/mol. The molecule has 0 bridgehead atoms. The number of likely N-dealkylation sites (N-methyl/N-ethyl adjacent to an activating group) is 1. The van der Waals surface area contributed by atoms with Gasteiger partial charge in [-0.3, -0.25) is 14.2 Å². The molecule has 0 amide bonds. The van der Waals surface area contributed by atoms with Crippen LogP contribution in [0.25, 0.3) is 0 Å². The third-order valence-electron chi connectivity index (χ3n) is 18.5. The van der Waals surface area contributed by atoms with Gasteiger partial charge < -0.3 is 27.9 Å². The van der Waals surface area contributed by atoms with E-state index in [1.165, 1.54) is 327 Å². The maximum atomic E-state index is 12.9. The number of phosphoric acid groups is 1. The summed E-state index contributed by atoms with van der Waals surface area (Å²) in [4.78, 5) is 38.2. The number of carbonyl (C=O) groups is 2. The molecule has 0 radical (unpaired) electrons. The number of carbonyl (C=O) groups excluding carboxylic acids is 2. The maximum absolute atomic E-state index is 12.9. The molecule has 0 aromatic carbocycles. The van der Waals surface area contributed by atoms with Gasteiger partial charge in [0.15, 0.2) is 6.10 Å². The van der Waals surface area contributed by atoms with Crippen LogP contribution < -0.4 is 4.89 Å². The average Bonchev–Trinajstić information content (AvgIpc) is 1.56. The molecular formula is C84H158NO8P. The molecular weight excluding hydrogens is 1180 g/mol. The maximum Gasteiger partial charge on any atom is 0.306 e. The van der Waals surface area contributed by atoms with E-state index in [9.17, 15) is 19.0 Å². The van der Waals surface area contributed by atoms with Crippen molar-refractivity contribution in [3.8, 4) is 0 Å². The fourth-order valence-electron chi connectivity index (χ4n) is 12.2. The second kappa shape index (κ2) is 74.9. The molecule has 0 aliphatic rings. The molecule has 2 unspecified atom stereocenters. The van der Waals surface area contributed by atoms with Crippen LogP contribution in [0, 0.1) is 0 Å². The molecule has 0 aliphatic carbocycles. The molecule has 0 saturated carbocycles. The Labute approximate surface area is 585 Å². The molecule has 0 aromatic rings. The van der Waals surface area contributed by atoms with E-state index in [0.717, 1.165) is 51.4 Å². The quantitative estimate of drug-likeness (QED) is 0.0195. The smallest absolute Gasteiger partial charge is 0.306 e. The summed E-state index contributed by atoms with van der Waals surface area (Å²) >= 11 is 0. The Hall–Kier alpha value is -2.29. The second-order valence-corrected chi connectivity index (χ2v) is 30.5. The van der Waals surface area contributed by atoms with Crippen LogP contribution in [0.4, 0.5) is 0 Å². The normalized spacial score (nSPS) is 13.3. The fraction of sp³-hybridized carbons (Fsp3) is 0.857. The van der Waals surface area contributed by atoms with Crippen molar-refractivity contribution in [2.45, 2.75) is 418 Å². The summed E-state index contributed by atoms with van der Waals surface area (Å²) < 4.78 is 34.4. The lowest BCUT2D eigenvalue weighted by atomic mass is 10.0. The first-order chi connectivity index (χ1) is 46.0. The van der Waals surface area contributed by atoms with Crippen molar-refractivity contribution in [1.82, 2.24) is 0 Å². The summed E-state index contributed by atoms with van der Waals surface area (Å²) in [6.45, 7) is 4.29. The Kier molecular flexibility index (Phi) is 73.1. The van der Waals surface area contributed by atoms with Gasteiger partial charge in [0.1, 0.15) is 19.8 Å². The standard InChI is InChI=1S/C84H158NO8P/c1-6-8-10-12-14-16-18-20-22-24-26-28-30-32-34-36-38-40-41-42-43-45-46-48-50-52-54-56-58-60-62-64-66-68-70-72-74-76-83(86)90-80-82(81-92-94(88,89)91-79-78-85(3,4)5)93-84(87)77-75-73-71-69-67-65-63-61-59-57-55-53-51-49-47-44-39-37-35-33-31-29-27-25-23-21-19-17-15-13-11-9-7-2/h18-21,24-27,31,33,82H,6-17,22-23,28-30,32,34-81H2,1-5H3/b20-18-,21-19-,26-24-,27-25-,33-31-. The Bertz CT molecular complexity index is 1770. The highest BCUT2D eigenvalue weighted by Gasteiger charge is 2.22. The Morgan fingerprint density at radius 1 is 0.330 bits per heavy atom. The van der Waals surface area contributed by atoms with Gasteiger partial charge in [-0.1, -0.05) is 376 Å². The van der Waals surface area contributed by atoms with Crippen LogP contribution in [-0.2, 0) is 32.7 Å². The van der Waals surface area contributed by atoms with Crippen molar-refractivity contribution in [2.75, 3.05) is 47.5 Å². The summed E-state index contributed by atoms with van der Waals surface area (Å²) in [5, 5.41) is 0. The lowest BCUT2D eigenvalue weighted by Crippen LogP contribution is -2.37. The summed E-state index contributed by atoms with van der Waals surface area (Å²) in [5.41, 5.74) is 0. The molecule has 0 saturated heterocycles. The highest BCUT2D eigenvalue weighted by molar-refractivity contribution is 7.45. The summed E-state index contributed by atoms with van der Waals surface area (Å²) in [6, 6.07) is 0. The molecule has 552 valence electrons. The minimum atomic E-state index is -4.64. The van der Waals surface area contributed by atoms with Gasteiger partial charge in [-0.25, -0.2) is 0 Å². The molecule has 9 nitrogen and oxygen atoms in total. The number of quaternary nitrogens is 1. The third kappa shape index (κ3) is 78.7. The van der Waals surface area contributed by atoms with Crippen LogP contribution >= 0.6 is 7.82 Å². The van der Waals surface area contributed by atoms with Gasteiger partial charge in [0, 0.05) is 12.8 Å². The van der Waals surface area contributed by atoms with Crippen LogP contribution in [0.5, 0.6) is 0 Å². The first kappa shape index (κ1) is 91.7. The van der Waals surface area contributed by atoms with E-state index in [-0.39, 0.29) is 32.0 Å². The van der Waals surface area contributed by atoms with Crippen LogP contribution in [0.2, 0.25) is 0 Å². The van der Waals surface area contributed by atoms with Crippen LogP contribution in [0.3, 0.4) is 0 Å². The number of hydrogen-bond acceptors (Lipinski definition) is 8. The largest absolute Gasteiger partial charge is 0.756 e. The van der Waals surface area contributed by atoms with Gasteiger partial charge in [-0.2, -0.15) is 0 Å². The van der Waals surface area contributed by atoms with E-state index in [2.05, 4.69) is 74.6 Å². The number of esters is 2. The number of phosphoric ester groups is 1. The molecule has 2 atom stereocenters. The van der Waals surface area contributed by atoms with Crippen LogP contribution in [-0.4, -0.2) is 70.0 Å². The van der Waals surface area contributed by atoms with E-state index < -0.39 is 26.5 Å². The minimum Gasteiger partial charge on any atom is -0.756 e. The van der Waals surface area contributed by atoms with Crippen molar-refractivity contribution < 1.29 is 42.1 Å². The molecule has 0 heterocycles. The minimum absolute atomic E-state index is 0.0288. The zero-order valence-corrected chi connectivity index (χ0v) is 64.1. The highest BCUT2D eigenvalue weighted by Crippen LogP contribution is 2.38. The van der Waals surface area contributed by atoms with E-state index in [1.54, 1.807) is 0 Å². The first-order valence-corrected chi connectivity index (χ1v) is 42.5. The number of unbranched alkanes of at least 4 members (excludes halogenated alkanes) is 53. The van der Waals surface area contributed by atoms with E-state index in [4.69, 9.17) is 18.5 Å². The molecule has 94 heavy (non-hydrogen) atoms. The number of nitrogens with zero attached hydrogens (tertiary/aromatic N) is 1. The van der Waals surface area contributed by atoms with Crippen molar-refractivity contribution >= 4 is 19.8 Å². The van der Waals surface area contributed by atoms with Gasteiger partial charge in [0.05, 0.1) is 27.7 Å². The first-order valence-electron chi connectivity index (χ1n) is 41.0. The van der Waals surface area contributed by atoms with Crippen molar-refractivity contribution in [3.63, 3.8) is 0 Å². The molecule has 0 rings (SSSR count). The molecule has 0 spiro atoms. The number of allylic oxidation sites excluding steroid dienone is 10. The summed E-state index contributed by atoms with van der Waals surface area (Å²) in [7, 11) is 1.19. The lowest BCUT2D eigenvalue weighted by Gasteiger charge is -2.28. The SMILES string of the molecule is CCCCCCC/C=C\C/C=C\C/C=C\CCCCCCCCCCCCCCCCCCCCC(=O)OC(COC(=O)CCCCCCCCCCCCCCCCCCCCCCCCCCC/C=C\C/C=C\CCCCCCC)COP(=O)([O-])OCC[N+](C)(C)C. The Morgan fingerprint density at radius 2 is 0.574 bits per heavy atom. The zero-order chi connectivity index (χ0) is 68.3. The fourth-order valence-corrected chi connectivity index (χ4v) is 13.0. The molecule has 0 N–H and O–H groups in total. The van der Waals surface area contributed by atoms with E-state index >= 15 is 0 Å². The number of rotatable bonds is 77. The molecule has 0 aromatic heterocycles. The topological polar surface area (TPSA) is 111 Å². The predicted octanol–water partition coefficient (Wildman–Crippen LogP) is 26.7. The number of ether oxygens (including phenoxy) is 2. The zero-order valence-electron chi connectivity index (χ0n) is 63.2. The van der Waals surface area contributed by atoms with Crippen LogP contribution in [0.1, 0.15) is 412 Å².